The molecule has 0 saturated carbocycles. The van der Waals surface area contributed by atoms with Crippen LogP contribution in [0.1, 0.15) is 23.7 Å². The van der Waals surface area contributed by atoms with Crippen LogP contribution in [0.25, 0.3) is 10.8 Å². The lowest BCUT2D eigenvalue weighted by Gasteiger charge is -2.15. The summed E-state index contributed by atoms with van der Waals surface area (Å²) < 4.78 is 68.4. The molecule has 0 aliphatic carbocycles. The highest BCUT2D eigenvalue weighted by Gasteiger charge is 2.44. The van der Waals surface area contributed by atoms with Gasteiger partial charge >= 0.3 is 15.6 Å². The molecule has 1 unspecified atom stereocenters. The smallest absolute Gasteiger partial charge is 0.491 e. The van der Waals surface area contributed by atoms with E-state index in [1.807, 2.05) is 0 Å². The Kier molecular flexibility index (Phi) is 7.99. The first-order chi connectivity index (χ1) is 13.1. The van der Waals surface area contributed by atoms with E-state index >= 15 is 0 Å². The van der Waals surface area contributed by atoms with Crippen molar-refractivity contribution in [2.75, 3.05) is 26.1 Å². The molecule has 28 heavy (non-hydrogen) atoms. The van der Waals surface area contributed by atoms with Gasteiger partial charge in [0.1, 0.15) is 12.4 Å². The fourth-order valence-corrected chi connectivity index (χ4v) is 4.10. The summed E-state index contributed by atoms with van der Waals surface area (Å²) in [6, 6.07) is 12.9. The molecular formula is C18H21F3O5S2. The molecule has 0 amide bonds. The number of alkyl halides is 3. The molecule has 3 rings (SSSR count). The van der Waals surface area contributed by atoms with Gasteiger partial charge in [-0.25, -0.2) is 0 Å². The van der Waals surface area contributed by atoms with Gasteiger partial charge in [0.15, 0.2) is 0 Å². The lowest BCUT2D eigenvalue weighted by molar-refractivity contribution is -0.0510. The highest BCUT2D eigenvalue weighted by molar-refractivity contribution is 7.99. The number of methoxy groups -OCH3 is 1. The van der Waals surface area contributed by atoms with Crippen LogP contribution >= 0.6 is 11.8 Å². The summed E-state index contributed by atoms with van der Waals surface area (Å²) in [7, 11) is -4.14. The second-order valence-corrected chi connectivity index (χ2v) is 8.69. The topological polar surface area (TPSA) is 72.8 Å². The fourth-order valence-electron chi connectivity index (χ4n) is 2.76. The molecule has 1 heterocycles. The Bertz CT molecular complexity index is 878. The van der Waals surface area contributed by atoms with E-state index in [1.54, 1.807) is 7.11 Å². The van der Waals surface area contributed by atoms with E-state index in [0.29, 0.717) is 18.5 Å². The molecule has 156 valence electrons. The van der Waals surface area contributed by atoms with Crippen LogP contribution in [0.5, 0.6) is 5.75 Å². The lowest BCUT2D eigenvalue weighted by atomic mass is 9.99. The number of halogens is 3. The van der Waals surface area contributed by atoms with E-state index in [2.05, 4.69) is 48.2 Å². The van der Waals surface area contributed by atoms with E-state index in [-0.39, 0.29) is 0 Å². The quantitative estimate of drug-likeness (QED) is 0.410. The van der Waals surface area contributed by atoms with Crippen molar-refractivity contribution in [3.8, 4) is 5.75 Å². The number of hydrogen-bond acceptors (Lipinski definition) is 5. The number of benzene rings is 2. The monoisotopic (exact) mass is 438 g/mol. The molecule has 1 aliphatic rings. The van der Waals surface area contributed by atoms with Gasteiger partial charge < -0.3 is 9.47 Å². The first-order valence-electron chi connectivity index (χ1n) is 8.44. The van der Waals surface area contributed by atoms with Crippen LogP contribution in [0.2, 0.25) is 0 Å². The Morgan fingerprint density at radius 2 is 1.79 bits per heavy atom. The maximum Gasteiger partial charge on any atom is 0.522 e. The molecule has 0 aromatic heterocycles. The van der Waals surface area contributed by atoms with Gasteiger partial charge in [-0.05, 0) is 35.6 Å². The van der Waals surface area contributed by atoms with Crippen molar-refractivity contribution in [1.29, 1.82) is 0 Å². The van der Waals surface area contributed by atoms with Gasteiger partial charge in [0.05, 0.1) is 6.61 Å². The van der Waals surface area contributed by atoms with Crippen LogP contribution < -0.4 is 4.74 Å². The van der Waals surface area contributed by atoms with Crippen molar-refractivity contribution in [2.24, 2.45) is 0 Å². The Morgan fingerprint density at radius 1 is 1.14 bits per heavy atom. The van der Waals surface area contributed by atoms with Crippen LogP contribution in [0.3, 0.4) is 0 Å². The summed E-state index contributed by atoms with van der Waals surface area (Å²) >= 11 is 2.08. The molecule has 5 nitrogen and oxygen atoms in total. The maximum atomic E-state index is 10.7. The Labute approximate surface area is 166 Å². The molecule has 10 heteroatoms. The van der Waals surface area contributed by atoms with Gasteiger partial charge in [-0.1, -0.05) is 30.3 Å². The first-order valence-corrected chi connectivity index (χ1v) is 10.9. The zero-order valence-corrected chi connectivity index (χ0v) is 16.7. The summed E-state index contributed by atoms with van der Waals surface area (Å²) in [6.45, 7) is 1.21. The van der Waals surface area contributed by atoms with Crippen LogP contribution in [-0.4, -0.2) is 44.6 Å². The average Bonchev–Trinajstić information content (AvgIpc) is 3.15. The summed E-state index contributed by atoms with van der Waals surface area (Å²) in [4.78, 5) is 0. The summed E-state index contributed by atoms with van der Waals surface area (Å²) in [5.74, 6) is 2.25. The van der Waals surface area contributed by atoms with Crippen LogP contribution in [0.15, 0.2) is 36.4 Å². The minimum absolute atomic E-state index is 0.595. The highest BCUT2D eigenvalue weighted by atomic mass is 32.2. The number of rotatable bonds is 5. The molecular weight excluding hydrogens is 417 g/mol. The van der Waals surface area contributed by atoms with Gasteiger partial charge in [0, 0.05) is 17.7 Å². The van der Waals surface area contributed by atoms with E-state index in [0.717, 1.165) is 5.75 Å². The van der Waals surface area contributed by atoms with Gasteiger partial charge in [-0.15, -0.1) is 0 Å². The maximum absolute atomic E-state index is 10.7. The third kappa shape index (κ3) is 6.00. The molecule has 0 radical (unpaired) electrons. The van der Waals surface area contributed by atoms with Gasteiger partial charge in [-0.2, -0.15) is 33.4 Å². The summed E-state index contributed by atoms with van der Waals surface area (Å²) in [5.41, 5.74) is -4.07. The number of hydrogen-bond donors (Lipinski definition) is 1. The SMILES string of the molecule is COCCOc1ccc(C2CCCS2)c2ccccc12.O=S(=O)(O)C(F)(F)F. The molecule has 1 fully saturated rings. The molecule has 1 aliphatic heterocycles. The van der Waals surface area contributed by atoms with Gasteiger partial charge in [0.25, 0.3) is 0 Å². The lowest BCUT2D eigenvalue weighted by Crippen LogP contribution is -2.21. The zero-order chi connectivity index (χ0) is 20.8. The van der Waals surface area contributed by atoms with Crippen LogP contribution in [-0.2, 0) is 14.9 Å². The summed E-state index contributed by atoms with van der Waals surface area (Å²) in [5, 5.41) is 3.20. The zero-order valence-electron chi connectivity index (χ0n) is 15.1. The van der Waals surface area contributed by atoms with Crippen LogP contribution in [0.4, 0.5) is 13.2 Å². The minimum Gasteiger partial charge on any atom is -0.491 e. The normalized spacial score (nSPS) is 17.2. The predicted molar refractivity (Wildman–Crippen MR) is 103 cm³/mol. The van der Waals surface area contributed by atoms with Gasteiger partial charge in [0.2, 0.25) is 0 Å². The fraction of sp³-hybridized carbons (Fsp3) is 0.444. The van der Waals surface area contributed by atoms with Gasteiger partial charge in [-0.3, -0.25) is 4.55 Å². The minimum atomic E-state index is -5.84. The second kappa shape index (κ2) is 9.82. The van der Waals surface area contributed by atoms with Crippen LogP contribution in [0, 0.1) is 0 Å². The number of thioether (sulfide) groups is 1. The van der Waals surface area contributed by atoms with Crippen molar-refractivity contribution < 1.29 is 35.6 Å². The molecule has 1 N–H and O–H groups in total. The molecule has 1 atom stereocenters. The Morgan fingerprint density at radius 3 is 2.32 bits per heavy atom. The second-order valence-electron chi connectivity index (χ2n) is 5.96. The van der Waals surface area contributed by atoms with E-state index in [4.69, 9.17) is 22.4 Å². The summed E-state index contributed by atoms with van der Waals surface area (Å²) in [6.07, 6.45) is 2.62. The largest absolute Gasteiger partial charge is 0.522 e. The Hall–Kier alpha value is -1.49. The third-order valence-corrected chi connectivity index (χ3v) is 6.03. The molecule has 1 saturated heterocycles. The standard InChI is InChI=1S/C17H20O2S.CHF3O3S/c1-18-10-11-19-16-9-8-15(17-7-4-12-20-17)13-5-2-3-6-14(13)16;2-1(3,4)8(5,6)7/h2-3,5-6,8-9,17H,4,7,10-12H2,1H3;(H,5,6,7). The molecule has 2 aromatic carbocycles. The predicted octanol–water partition coefficient (Wildman–Crippen LogP) is 4.83. The molecule has 2 aromatic rings. The van der Waals surface area contributed by atoms with E-state index in [9.17, 15) is 13.2 Å². The van der Waals surface area contributed by atoms with Crippen molar-refractivity contribution in [1.82, 2.24) is 0 Å². The Balaban J connectivity index is 0.000000300. The third-order valence-electron chi connectivity index (χ3n) is 4.03. The first kappa shape index (κ1) is 22.8. The molecule has 0 bridgehead atoms. The van der Waals surface area contributed by atoms with E-state index in [1.165, 1.54) is 34.9 Å². The van der Waals surface area contributed by atoms with Crippen molar-refractivity contribution >= 4 is 32.7 Å². The number of ether oxygens (including phenoxy) is 2. The average molecular weight is 438 g/mol. The van der Waals surface area contributed by atoms with Crippen molar-refractivity contribution in [2.45, 2.75) is 23.6 Å². The van der Waals surface area contributed by atoms with E-state index < -0.39 is 15.6 Å². The van der Waals surface area contributed by atoms with Crippen molar-refractivity contribution in [3.63, 3.8) is 0 Å². The highest BCUT2D eigenvalue weighted by Crippen LogP contribution is 2.43. The molecule has 0 spiro atoms. The van der Waals surface area contributed by atoms with Crippen molar-refractivity contribution in [3.05, 3.63) is 42.0 Å². The number of fused-ring (bicyclic) bond motifs is 1.